The van der Waals surface area contributed by atoms with Crippen molar-refractivity contribution in [3.05, 3.63) is 0 Å². The van der Waals surface area contributed by atoms with E-state index in [0.29, 0.717) is 11.8 Å². The van der Waals surface area contributed by atoms with Crippen molar-refractivity contribution in [1.29, 1.82) is 0 Å². The average molecular weight is 251 g/mol. The molecule has 18 heavy (non-hydrogen) atoms. The SMILES string of the molecule is CCC(C(C)C)C1CCCN(C(=O)C2CCC2)C1. The van der Waals surface area contributed by atoms with Gasteiger partial charge in [0.05, 0.1) is 0 Å². The van der Waals surface area contributed by atoms with Crippen LogP contribution in [0.25, 0.3) is 0 Å². The molecule has 104 valence electrons. The van der Waals surface area contributed by atoms with E-state index in [1.165, 1.54) is 25.7 Å². The van der Waals surface area contributed by atoms with E-state index in [1.807, 2.05) is 0 Å². The lowest BCUT2D eigenvalue weighted by atomic mass is 9.76. The Hall–Kier alpha value is -0.530. The molecule has 2 aliphatic rings. The summed E-state index contributed by atoms with van der Waals surface area (Å²) in [6.45, 7) is 9.02. The van der Waals surface area contributed by atoms with Crippen molar-refractivity contribution < 1.29 is 4.79 Å². The quantitative estimate of drug-likeness (QED) is 0.746. The van der Waals surface area contributed by atoms with Crippen LogP contribution in [-0.2, 0) is 4.79 Å². The van der Waals surface area contributed by atoms with Crippen LogP contribution in [-0.4, -0.2) is 23.9 Å². The van der Waals surface area contributed by atoms with Gasteiger partial charge in [0.25, 0.3) is 0 Å². The van der Waals surface area contributed by atoms with Gasteiger partial charge in [0.2, 0.25) is 5.91 Å². The number of rotatable bonds is 4. The highest BCUT2D eigenvalue weighted by atomic mass is 16.2. The van der Waals surface area contributed by atoms with Gasteiger partial charge in [-0.15, -0.1) is 0 Å². The first-order valence-electron chi connectivity index (χ1n) is 7.92. The number of amides is 1. The molecule has 1 aliphatic heterocycles. The molecular formula is C16H29NO. The minimum absolute atomic E-state index is 0.378. The monoisotopic (exact) mass is 251 g/mol. The number of hydrogen-bond acceptors (Lipinski definition) is 1. The summed E-state index contributed by atoms with van der Waals surface area (Å²) in [6.07, 6.45) is 7.34. The maximum atomic E-state index is 12.3. The van der Waals surface area contributed by atoms with Crippen molar-refractivity contribution in [3.63, 3.8) is 0 Å². The molecule has 2 atom stereocenters. The van der Waals surface area contributed by atoms with E-state index in [2.05, 4.69) is 25.7 Å². The molecule has 0 aromatic rings. The largest absolute Gasteiger partial charge is 0.342 e. The van der Waals surface area contributed by atoms with Crippen LogP contribution in [0.1, 0.15) is 59.3 Å². The molecule has 2 nitrogen and oxygen atoms in total. The average Bonchev–Trinajstić information content (AvgIpc) is 2.27. The second-order valence-corrected chi connectivity index (χ2v) is 6.63. The third kappa shape index (κ3) is 2.89. The number of carbonyl (C=O) groups is 1. The van der Waals surface area contributed by atoms with E-state index < -0.39 is 0 Å². The fourth-order valence-electron chi connectivity index (χ4n) is 3.82. The number of carbonyl (C=O) groups excluding carboxylic acids is 1. The van der Waals surface area contributed by atoms with Crippen molar-refractivity contribution in [2.45, 2.75) is 59.3 Å². The summed E-state index contributed by atoms with van der Waals surface area (Å²) >= 11 is 0. The molecule has 2 rings (SSSR count). The molecule has 1 amide bonds. The van der Waals surface area contributed by atoms with Crippen molar-refractivity contribution in [2.24, 2.45) is 23.7 Å². The van der Waals surface area contributed by atoms with Crippen LogP contribution in [0, 0.1) is 23.7 Å². The first kappa shape index (κ1) is 13.9. The summed E-state index contributed by atoms with van der Waals surface area (Å²) in [5.41, 5.74) is 0. The first-order valence-corrected chi connectivity index (χ1v) is 7.92. The van der Waals surface area contributed by atoms with Crippen molar-refractivity contribution >= 4 is 5.91 Å². The Kier molecular flexibility index (Phi) is 4.69. The Morgan fingerprint density at radius 2 is 1.94 bits per heavy atom. The van der Waals surface area contributed by atoms with E-state index in [-0.39, 0.29) is 0 Å². The molecule has 1 aliphatic carbocycles. The molecule has 0 N–H and O–H groups in total. The van der Waals surface area contributed by atoms with Gasteiger partial charge in [0.15, 0.2) is 0 Å². The molecule has 1 saturated heterocycles. The number of piperidine rings is 1. The third-order valence-electron chi connectivity index (χ3n) is 5.16. The molecule has 2 unspecified atom stereocenters. The lowest BCUT2D eigenvalue weighted by Crippen LogP contribution is -2.46. The number of nitrogens with zero attached hydrogens (tertiary/aromatic N) is 1. The van der Waals surface area contributed by atoms with Gasteiger partial charge in [-0.25, -0.2) is 0 Å². The fourth-order valence-corrected chi connectivity index (χ4v) is 3.82. The van der Waals surface area contributed by atoms with Gasteiger partial charge in [-0.3, -0.25) is 4.79 Å². The molecule has 1 saturated carbocycles. The Morgan fingerprint density at radius 1 is 1.22 bits per heavy atom. The maximum Gasteiger partial charge on any atom is 0.225 e. The van der Waals surface area contributed by atoms with Crippen molar-refractivity contribution in [1.82, 2.24) is 4.90 Å². The normalized spacial score (nSPS) is 27.1. The second kappa shape index (κ2) is 6.08. The zero-order valence-corrected chi connectivity index (χ0v) is 12.3. The third-order valence-corrected chi connectivity index (χ3v) is 5.16. The lowest BCUT2D eigenvalue weighted by Gasteiger charge is -2.40. The van der Waals surface area contributed by atoms with E-state index in [9.17, 15) is 4.79 Å². The van der Waals surface area contributed by atoms with E-state index in [4.69, 9.17) is 0 Å². The topological polar surface area (TPSA) is 20.3 Å². The number of hydrogen-bond donors (Lipinski definition) is 0. The zero-order chi connectivity index (χ0) is 13.1. The van der Waals surface area contributed by atoms with Gasteiger partial charge < -0.3 is 4.90 Å². The van der Waals surface area contributed by atoms with Gasteiger partial charge in [0.1, 0.15) is 0 Å². The van der Waals surface area contributed by atoms with E-state index >= 15 is 0 Å². The van der Waals surface area contributed by atoms with Crippen LogP contribution in [0.5, 0.6) is 0 Å². The maximum absolute atomic E-state index is 12.3. The Balaban J connectivity index is 1.92. The lowest BCUT2D eigenvalue weighted by molar-refractivity contribution is -0.140. The standard InChI is InChI=1S/C16H29NO/c1-4-15(12(2)3)14-9-6-10-17(11-14)16(18)13-7-5-8-13/h12-15H,4-11H2,1-3H3. The van der Waals surface area contributed by atoms with Crippen LogP contribution >= 0.6 is 0 Å². The molecular weight excluding hydrogens is 222 g/mol. The smallest absolute Gasteiger partial charge is 0.225 e. The van der Waals surface area contributed by atoms with Gasteiger partial charge in [-0.05, 0) is 43.4 Å². The molecule has 0 spiro atoms. The second-order valence-electron chi connectivity index (χ2n) is 6.63. The van der Waals surface area contributed by atoms with E-state index in [0.717, 1.165) is 43.7 Å². The van der Waals surface area contributed by atoms with Gasteiger partial charge in [-0.2, -0.15) is 0 Å². The van der Waals surface area contributed by atoms with Gasteiger partial charge >= 0.3 is 0 Å². The predicted molar refractivity (Wildman–Crippen MR) is 75.3 cm³/mol. The Morgan fingerprint density at radius 3 is 2.44 bits per heavy atom. The number of likely N-dealkylation sites (tertiary alicyclic amines) is 1. The highest BCUT2D eigenvalue weighted by molar-refractivity contribution is 5.79. The molecule has 0 aromatic heterocycles. The van der Waals surface area contributed by atoms with Crippen LogP contribution in [0.2, 0.25) is 0 Å². The Labute approximate surface area is 112 Å². The van der Waals surface area contributed by atoms with E-state index in [1.54, 1.807) is 0 Å². The van der Waals surface area contributed by atoms with Crippen LogP contribution in [0.4, 0.5) is 0 Å². The molecule has 0 aromatic carbocycles. The summed E-state index contributed by atoms with van der Waals surface area (Å²) in [7, 11) is 0. The molecule has 0 radical (unpaired) electrons. The van der Waals surface area contributed by atoms with Gasteiger partial charge in [-0.1, -0.05) is 33.6 Å². The summed E-state index contributed by atoms with van der Waals surface area (Å²) in [5.74, 6) is 3.13. The summed E-state index contributed by atoms with van der Waals surface area (Å²) in [6, 6.07) is 0. The molecule has 2 fully saturated rings. The first-order chi connectivity index (χ1) is 8.63. The summed E-state index contributed by atoms with van der Waals surface area (Å²) < 4.78 is 0. The molecule has 2 heteroatoms. The van der Waals surface area contributed by atoms with Gasteiger partial charge in [0, 0.05) is 19.0 Å². The van der Waals surface area contributed by atoms with Crippen LogP contribution in [0.3, 0.4) is 0 Å². The molecule has 1 heterocycles. The van der Waals surface area contributed by atoms with Crippen LogP contribution < -0.4 is 0 Å². The summed E-state index contributed by atoms with van der Waals surface area (Å²) in [5, 5.41) is 0. The molecule has 0 bridgehead atoms. The summed E-state index contributed by atoms with van der Waals surface area (Å²) in [4.78, 5) is 14.5. The highest BCUT2D eigenvalue weighted by Crippen LogP contribution is 2.34. The van der Waals surface area contributed by atoms with Crippen molar-refractivity contribution in [3.8, 4) is 0 Å². The van der Waals surface area contributed by atoms with Crippen molar-refractivity contribution in [2.75, 3.05) is 13.1 Å². The highest BCUT2D eigenvalue weighted by Gasteiger charge is 2.34. The minimum Gasteiger partial charge on any atom is -0.342 e. The fraction of sp³-hybridized carbons (Fsp3) is 0.938. The Bertz CT molecular complexity index is 283. The minimum atomic E-state index is 0.378. The zero-order valence-electron chi connectivity index (χ0n) is 12.3. The predicted octanol–water partition coefficient (Wildman–Crippen LogP) is 3.71. The van der Waals surface area contributed by atoms with Crippen LogP contribution in [0.15, 0.2) is 0 Å².